The lowest BCUT2D eigenvalue weighted by Crippen LogP contribution is -2.29. The Morgan fingerprint density at radius 3 is 2.58 bits per heavy atom. The molecule has 12 heavy (non-hydrogen) atoms. The molecule has 0 aromatic heterocycles. The van der Waals surface area contributed by atoms with E-state index >= 15 is 0 Å². The van der Waals surface area contributed by atoms with Gasteiger partial charge in [-0.05, 0) is 25.3 Å². The molecular formula is C10H21NO. The molecule has 2 atom stereocenters. The van der Waals surface area contributed by atoms with Crippen molar-refractivity contribution >= 4 is 0 Å². The number of hydrogen-bond donors (Lipinski definition) is 0. The molecule has 0 aromatic carbocycles. The van der Waals surface area contributed by atoms with Crippen LogP contribution in [0, 0.1) is 11.8 Å². The van der Waals surface area contributed by atoms with Crippen LogP contribution >= 0.6 is 0 Å². The van der Waals surface area contributed by atoms with E-state index in [-0.39, 0.29) is 0 Å². The molecule has 0 aromatic rings. The van der Waals surface area contributed by atoms with E-state index in [2.05, 4.69) is 25.8 Å². The maximum atomic E-state index is 5.18. The third kappa shape index (κ3) is 2.20. The molecule has 0 amide bonds. The van der Waals surface area contributed by atoms with Gasteiger partial charge in [0.15, 0.2) is 0 Å². The van der Waals surface area contributed by atoms with Crippen LogP contribution in [0.2, 0.25) is 0 Å². The summed E-state index contributed by atoms with van der Waals surface area (Å²) in [4.78, 5) is 2.47. The van der Waals surface area contributed by atoms with E-state index in [4.69, 9.17) is 4.74 Å². The summed E-state index contributed by atoms with van der Waals surface area (Å²) in [6.07, 6.45) is 1.31. The third-order valence-electron chi connectivity index (χ3n) is 2.86. The first kappa shape index (κ1) is 10.0. The van der Waals surface area contributed by atoms with Crippen molar-refractivity contribution in [1.29, 1.82) is 0 Å². The molecule has 1 aliphatic rings. The number of hydrogen-bond acceptors (Lipinski definition) is 2. The summed E-state index contributed by atoms with van der Waals surface area (Å²) in [7, 11) is 4.02. The summed E-state index contributed by atoms with van der Waals surface area (Å²) in [5.41, 5.74) is 0. The highest BCUT2D eigenvalue weighted by molar-refractivity contribution is 4.84. The Hall–Kier alpha value is -0.0800. The van der Waals surface area contributed by atoms with E-state index in [9.17, 15) is 0 Å². The molecule has 1 heterocycles. The van der Waals surface area contributed by atoms with Gasteiger partial charge >= 0.3 is 0 Å². The van der Waals surface area contributed by atoms with E-state index in [0.29, 0.717) is 0 Å². The van der Waals surface area contributed by atoms with Crippen LogP contribution in [0.25, 0.3) is 0 Å². The largest absolute Gasteiger partial charge is 0.384 e. The highest BCUT2D eigenvalue weighted by Crippen LogP contribution is 2.26. The van der Waals surface area contributed by atoms with Gasteiger partial charge in [-0.2, -0.15) is 0 Å². The topological polar surface area (TPSA) is 12.5 Å². The van der Waals surface area contributed by atoms with Crippen molar-refractivity contribution in [3.8, 4) is 0 Å². The van der Waals surface area contributed by atoms with Crippen LogP contribution in [0.4, 0.5) is 0 Å². The zero-order valence-electron chi connectivity index (χ0n) is 8.71. The van der Waals surface area contributed by atoms with Gasteiger partial charge < -0.3 is 9.64 Å². The summed E-state index contributed by atoms with van der Waals surface area (Å²) < 4.78 is 5.18. The van der Waals surface area contributed by atoms with Crippen LogP contribution in [-0.4, -0.2) is 38.3 Å². The second kappa shape index (κ2) is 4.24. The van der Waals surface area contributed by atoms with Gasteiger partial charge in [0.1, 0.15) is 0 Å². The fourth-order valence-corrected chi connectivity index (χ4v) is 2.28. The smallest absolute Gasteiger partial charge is 0.0503 e. The summed E-state index contributed by atoms with van der Waals surface area (Å²) in [5, 5.41) is 0. The molecule has 0 saturated carbocycles. The summed E-state index contributed by atoms with van der Waals surface area (Å²) in [6, 6.07) is 0.769. The van der Waals surface area contributed by atoms with E-state index < -0.39 is 0 Å². The average molecular weight is 171 g/mol. The van der Waals surface area contributed by atoms with Crippen molar-refractivity contribution in [1.82, 2.24) is 4.90 Å². The first-order chi connectivity index (χ1) is 5.65. The number of likely N-dealkylation sites (tertiary alicyclic amines) is 1. The Morgan fingerprint density at radius 2 is 2.17 bits per heavy atom. The van der Waals surface area contributed by atoms with Crippen LogP contribution in [0.15, 0.2) is 0 Å². The van der Waals surface area contributed by atoms with Gasteiger partial charge in [-0.25, -0.2) is 0 Å². The van der Waals surface area contributed by atoms with Gasteiger partial charge in [0, 0.05) is 19.7 Å². The van der Waals surface area contributed by atoms with E-state index in [0.717, 1.165) is 24.5 Å². The molecule has 1 rings (SSSR count). The molecule has 1 saturated heterocycles. The Bertz CT molecular complexity index is 136. The normalized spacial score (nSPS) is 31.8. The molecule has 0 radical (unpaired) electrons. The quantitative estimate of drug-likeness (QED) is 0.639. The fraction of sp³-hybridized carbons (Fsp3) is 1.00. The predicted molar refractivity (Wildman–Crippen MR) is 51.2 cm³/mol. The van der Waals surface area contributed by atoms with Crippen molar-refractivity contribution in [2.24, 2.45) is 11.8 Å². The summed E-state index contributed by atoms with van der Waals surface area (Å²) >= 11 is 0. The lowest BCUT2D eigenvalue weighted by molar-refractivity contribution is 0.155. The van der Waals surface area contributed by atoms with Crippen molar-refractivity contribution in [2.45, 2.75) is 26.3 Å². The van der Waals surface area contributed by atoms with Gasteiger partial charge in [-0.1, -0.05) is 13.8 Å². The maximum Gasteiger partial charge on any atom is 0.0503 e. The Balaban J connectivity index is 2.39. The molecule has 0 aliphatic carbocycles. The average Bonchev–Trinajstić information content (AvgIpc) is 2.32. The SMILES string of the molecule is COCC1C[C@@H](C(C)C)N(C)C1. The summed E-state index contributed by atoms with van der Waals surface area (Å²) in [5.74, 6) is 1.53. The minimum Gasteiger partial charge on any atom is -0.384 e. The second-order valence-electron chi connectivity index (χ2n) is 4.31. The zero-order chi connectivity index (χ0) is 9.14. The molecule has 2 heteroatoms. The highest BCUT2D eigenvalue weighted by Gasteiger charge is 2.30. The van der Waals surface area contributed by atoms with Crippen LogP contribution in [0.1, 0.15) is 20.3 Å². The van der Waals surface area contributed by atoms with Crippen molar-refractivity contribution in [2.75, 3.05) is 27.3 Å². The maximum absolute atomic E-state index is 5.18. The Morgan fingerprint density at radius 1 is 1.50 bits per heavy atom. The first-order valence-electron chi connectivity index (χ1n) is 4.84. The van der Waals surface area contributed by atoms with Gasteiger partial charge in [-0.15, -0.1) is 0 Å². The van der Waals surface area contributed by atoms with Gasteiger partial charge in [0.2, 0.25) is 0 Å². The van der Waals surface area contributed by atoms with Crippen molar-refractivity contribution in [3.63, 3.8) is 0 Å². The molecule has 0 spiro atoms. The standard InChI is InChI=1S/C10H21NO/c1-8(2)10-5-9(7-12-4)6-11(10)3/h8-10H,5-7H2,1-4H3/t9?,10-/m0/s1. The lowest BCUT2D eigenvalue weighted by atomic mass is 9.98. The molecular weight excluding hydrogens is 150 g/mol. The Labute approximate surface area is 75.9 Å². The Kier molecular flexibility index (Phi) is 3.53. The van der Waals surface area contributed by atoms with Crippen molar-refractivity contribution < 1.29 is 4.74 Å². The van der Waals surface area contributed by atoms with Crippen molar-refractivity contribution in [3.05, 3.63) is 0 Å². The van der Waals surface area contributed by atoms with E-state index in [1.807, 2.05) is 0 Å². The monoisotopic (exact) mass is 171 g/mol. The zero-order valence-corrected chi connectivity index (χ0v) is 8.71. The van der Waals surface area contributed by atoms with Crippen LogP contribution in [0.5, 0.6) is 0 Å². The number of ether oxygens (including phenoxy) is 1. The molecule has 1 fully saturated rings. The molecule has 1 aliphatic heterocycles. The van der Waals surface area contributed by atoms with Crippen LogP contribution in [0.3, 0.4) is 0 Å². The minimum atomic E-state index is 0.757. The van der Waals surface area contributed by atoms with Gasteiger partial charge in [0.05, 0.1) is 6.61 Å². The van der Waals surface area contributed by atoms with E-state index in [1.54, 1.807) is 7.11 Å². The molecule has 1 unspecified atom stereocenters. The molecule has 0 bridgehead atoms. The highest BCUT2D eigenvalue weighted by atomic mass is 16.5. The molecule has 2 nitrogen and oxygen atoms in total. The second-order valence-corrected chi connectivity index (χ2v) is 4.31. The lowest BCUT2D eigenvalue weighted by Gasteiger charge is -2.22. The fourth-order valence-electron chi connectivity index (χ4n) is 2.28. The van der Waals surface area contributed by atoms with Crippen LogP contribution < -0.4 is 0 Å². The number of rotatable bonds is 3. The van der Waals surface area contributed by atoms with Gasteiger partial charge in [-0.3, -0.25) is 0 Å². The third-order valence-corrected chi connectivity index (χ3v) is 2.86. The number of methoxy groups -OCH3 is 1. The number of nitrogens with zero attached hydrogens (tertiary/aromatic N) is 1. The molecule has 72 valence electrons. The first-order valence-corrected chi connectivity index (χ1v) is 4.84. The minimum absolute atomic E-state index is 0.757. The molecule has 0 N–H and O–H groups in total. The van der Waals surface area contributed by atoms with E-state index in [1.165, 1.54) is 13.0 Å². The predicted octanol–water partition coefficient (Wildman–Crippen LogP) is 1.61. The van der Waals surface area contributed by atoms with Crippen LogP contribution in [-0.2, 0) is 4.74 Å². The summed E-state index contributed by atoms with van der Waals surface area (Å²) in [6.45, 7) is 6.73. The van der Waals surface area contributed by atoms with Gasteiger partial charge in [0.25, 0.3) is 0 Å².